The van der Waals surface area contributed by atoms with E-state index in [2.05, 4.69) is 44.4 Å². The summed E-state index contributed by atoms with van der Waals surface area (Å²) < 4.78 is 0. The molecule has 1 aliphatic rings. The molecule has 1 saturated heterocycles. The van der Waals surface area contributed by atoms with Crippen molar-refractivity contribution in [3.05, 3.63) is 42.4 Å². The summed E-state index contributed by atoms with van der Waals surface area (Å²) in [5, 5.41) is 6.01. The third-order valence-corrected chi connectivity index (χ3v) is 4.43. The zero-order chi connectivity index (χ0) is 18.4. The van der Waals surface area contributed by atoms with Gasteiger partial charge in [-0.3, -0.25) is 4.79 Å². The molecule has 0 bridgehead atoms. The van der Waals surface area contributed by atoms with E-state index in [9.17, 15) is 4.79 Å². The normalized spacial score (nSPS) is 14.9. The van der Waals surface area contributed by atoms with Crippen LogP contribution in [0.4, 0.5) is 17.2 Å². The molecule has 3 rings (SSSR count). The first-order valence-corrected chi connectivity index (χ1v) is 9.06. The standard InChI is InChI=1S/C19H26N6O/c1-3-8-20-18-14-21-17(13-22-18)19(26)23-15-4-6-16(7-5-15)25-11-9-24(2)10-12-25/h4-7,13-14H,3,8-12H2,1-2H3,(H,20,22)(H,23,26). The lowest BCUT2D eigenvalue weighted by Gasteiger charge is -2.34. The zero-order valence-corrected chi connectivity index (χ0v) is 15.4. The van der Waals surface area contributed by atoms with Crippen LogP contribution in [0.25, 0.3) is 0 Å². The lowest BCUT2D eigenvalue weighted by Crippen LogP contribution is -2.44. The van der Waals surface area contributed by atoms with Gasteiger partial charge in [0.2, 0.25) is 0 Å². The van der Waals surface area contributed by atoms with Crippen molar-refractivity contribution in [3.8, 4) is 0 Å². The highest BCUT2D eigenvalue weighted by molar-refractivity contribution is 6.02. The Morgan fingerprint density at radius 3 is 2.42 bits per heavy atom. The van der Waals surface area contributed by atoms with Crippen molar-refractivity contribution in [3.63, 3.8) is 0 Å². The molecule has 0 atom stereocenters. The first kappa shape index (κ1) is 18.1. The van der Waals surface area contributed by atoms with Crippen LogP contribution < -0.4 is 15.5 Å². The summed E-state index contributed by atoms with van der Waals surface area (Å²) in [5.74, 6) is 0.423. The Hall–Kier alpha value is -2.67. The molecule has 26 heavy (non-hydrogen) atoms. The zero-order valence-electron chi connectivity index (χ0n) is 15.4. The van der Waals surface area contributed by atoms with E-state index in [4.69, 9.17) is 0 Å². The second-order valence-electron chi connectivity index (χ2n) is 6.50. The number of nitrogens with zero attached hydrogens (tertiary/aromatic N) is 4. The number of anilines is 3. The Bertz CT molecular complexity index is 708. The number of carbonyl (C=O) groups excluding carboxylic acids is 1. The summed E-state index contributed by atoms with van der Waals surface area (Å²) in [6, 6.07) is 7.95. The Morgan fingerprint density at radius 1 is 1.08 bits per heavy atom. The molecule has 1 fully saturated rings. The van der Waals surface area contributed by atoms with E-state index in [1.807, 2.05) is 24.3 Å². The highest BCUT2D eigenvalue weighted by Gasteiger charge is 2.14. The lowest BCUT2D eigenvalue weighted by molar-refractivity contribution is 0.102. The molecule has 0 spiro atoms. The number of nitrogens with one attached hydrogen (secondary N) is 2. The summed E-state index contributed by atoms with van der Waals surface area (Å²) in [4.78, 5) is 25.4. The molecule has 7 heteroatoms. The van der Waals surface area contributed by atoms with Gasteiger partial charge in [0, 0.05) is 44.1 Å². The monoisotopic (exact) mass is 354 g/mol. The lowest BCUT2D eigenvalue weighted by atomic mass is 10.2. The van der Waals surface area contributed by atoms with Crippen LogP contribution in [0.5, 0.6) is 0 Å². The highest BCUT2D eigenvalue weighted by atomic mass is 16.1. The molecule has 1 aromatic heterocycles. The van der Waals surface area contributed by atoms with Gasteiger partial charge in [-0.2, -0.15) is 0 Å². The van der Waals surface area contributed by atoms with Gasteiger partial charge in [0.15, 0.2) is 0 Å². The van der Waals surface area contributed by atoms with E-state index in [0.29, 0.717) is 11.5 Å². The van der Waals surface area contributed by atoms with Gasteiger partial charge in [-0.15, -0.1) is 0 Å². The molecule has 2 aromatic rings. The number of likely N-dealkylation sites (N-methyl/N-ethyl adjacent to an activating group) is 1. The fraction of sp³-hybridized carbons (Fsp3) is 0.421. The second kappa shape index (κ2) is 8.62. The van der Waals surface area contributed by atoms with Crippen LogP contribution in [-0.4, -0.2) is 60.5 Å². The van der Waals surface area contributed by atoms with Crippen LogP contribution in [0.1, 0.15) is 23.8 Å². The summed E-state index contributed by atoms with van der Waals surface area (Å²) in [6.07, 6.45) is 4.08. The van der Waals surface area contributed by atoms with Gasteiger partial charge in [0.25, 0.3) is 5.91 Å². The van der Waals surface area contributed by atoms with Crippen LogP contribution >= 0.6 is 0 Å². The molecule has 0 radical (unpaired) electrons. The van der Waals surface area contributed by atoms with Crippen LogP contribution in [-0.2, 0) is 0 Å². The third-order valence-electron chi connectivity index (χ3n) is 4.43. The first-order valence-electron chi connectivity index (χ1n) is 9.06. The fourth-order valence-corrected chi connectivity index (χ4v) is 2.81. The van der Waals surface area contributed by atoms with E-state index in [-0.39, 0.29) is 5.91 Å². The van der Waals surface area contributed by atoms with Gasteiger partial charge in [-0.25, -0.2) is 9.97 Å². The molecular formula is C19H26N6O. The van der Waals surface area contributed by atoms with E-state index in [1.54, 1.807) is 6.20 Å². The Morgan fingerprint density at radius 2 is 1.81 bits per heavy atom. The van der Waals surface area contributed by atoms with E-state index >= 15 is 0 Å². The number of amides is 1. The molecule has 138 valence electrons. The van der Waals surface area contributed by atoms with Crippen LogP contribution in [0.15, 0.2) is 36.7 Å². The Kier molecular flexibility index (Phi) is 6.01. The number of rotatable bonds is 6. The maximum Gasteiger partial charge on any atom is 0.275 e. The summed E-state index contributed by atoms with van der Waals surface area (Å²) in [6.45, 7) is 7.10. The number of piperazine rings is 1. The molecule has 7 nitrogen and oxygen atoms in total. The highest BCUT2D eigenvalue weighted by Crippen LogP contribution is 2.19. The predicted octanol–water partition coefficient (Wildman–Crippen LogP) is 2.30. The van der Waals surface area contributed by atoms with Crippen LogP contribution in [0.3, 0.4) is 0 Å². The molecule has 1 aliphatic heterocycles. The smallest absolute Gasteiger partial charge is 0.275 e. The van der Waals surface area contributed by atoms with Gasteiger partial charge in [0.1, 0.15) is 11.5 Å². The third kappa shape index (κ3) is 4.70. The largest absolute Gasteiger partial charge is 0.369 e. The molecule has 1 aromatic carbocycles. The SMILES string of the molecule is CCCNc1cnc(C(=O)Nc2ccc(N3CCN(C)CC3)cc2)cn1. The van der Waals surface area contributed by atoms with Gasteiger partial charge in [-0.1, -0.05) is 6.92 Å². The number of hydrogen-bond acceptors (Lipinski definition) is 6. The molecule has 2 N–H and O–H groups in total. The van der Waals surface area contributed by atoms with Gasteiger partial charge in [-0.05, 0) is 37.7 Å². The minimum absolute atomic E-state index is 0.258. The molecule has 0 unspecified atom stereocenters. The minimum atomic E-state index is -0.258. The van der Waals surface area contributed by atoms with Crippen molar-refractivity contribution in [2.24, 2.45) is 0 Å². The molecule has 0 saturated carbocycles. The summed E-state index contributed by atoms with van der Waals surface area (Å²) in [7, 11) is 2.14. The number of aromatic nitrogens is 2. The van der Waals surface area contributed by atoms with E-state index < -0.39 is 0 Å². The average molecular weight is 354 g/mol. The Balaban J connectivity index is 1.57. The van der Waals surface area contributed by atoms with Crippen molar-refractivity contribution < 1.29 is 4.79 Å². The quantitative estimate of drug-likeness (QED) is 0.829. The maximum atomic E-state index is 12.3. The second-order valence-corrected chi connectivity index (χ2v) is 6.50. The van der Waals surface area contributed by atoms with Crippen molar-refractivity contribution >= 4 is 23.1 Å². The van der Waals surface area contributed by atoms with Crippen molar-refractivity contribution in [1.82, 2.24) is 14.9 Å². The predicted molar refractivity (Wildman–Crippen MR) is 105 cm³/mol. The molecule has 2 heterocycles. The van der Waals surface area contributed by atoms with Crippen LogP contribution in [0, 0.1) is 0 Å². The fourth-order valence-electron chi connectivity index (χ4n) is 2.81. The van der Waals surface area contributed by atoms with Crippen molar-refractivity contribution in [2.45, 2.75) is 13.3 Å². The van der Waals surface area contributed by atoms with Gasteiger partial charge < -0.3 is 20.4 Å². The van der Waals surface area contributed by atoms with Crippen LogP contribution in [0.2, 0.25) is 0 Å². The average Bonchev–Trinajstić information content (AvgIpc) is 2.68. The Labute approximate surface area is 154 Å². The molecule has 0 aliphatic carbocycles. The first-order chi connectivity index (χ1) is 12.7. The minimum Gasteiger partial charge on any atom is -0.369 e. The number of carbonyl (C=O) groups is 1. The van der Waals surface area contributed by atoms with E-state index in [1.165, 1.54) is 11.9 Å². The number of hydrogen-bond donors (Lipinski definition) is 2. The van der Waals surface area contributed by atoms with Gasteiger partial charge in [0.05, 0.1) is 12.4 Å². The summed E-state index contributed by atoms with van der Waals surface area (Å²) >= 11 is 0. The van der Waals surface area contributed by atoms with Crippen molar-refractivity contribution in [1.29, 1.82) is 0 Å². The van der Waals surface area contributed by atoms with Crippen molar-refractivity contribution in [2.75, 3.05) is 55.3 Å². The molecular weight excluding hydrogens is 328 g/mol. The summed E-state index contributed by atoms with van der Waals surface area (Å²) in [5.41, 5.74) is 2.24. The van der Waals surface area contributed by atoms with E-state index in [0.717, 1.165) is 44.8 Å². The maximum absolute atomic E-state index is 12.3. The number of benzene rings is 1. The van der Waals surface area contributed by atoms with Gasteiger partial charge >= 0.3 is 0 Å². The topological polar surface area (TPSA) is 73.4 Å². The molecule has 1 amide bonds.